The third-order valence-corrected chi connectivity index (χ3v) is 13.3. The number of aliphatic imine (C=N–C) groups is 1. The standard InChI is InChI=1S/C26H27IN6O4.C20H18IN5O4.2CH4/c1-26(2)36-21-20(12-34-19-11-18-15(10-17(19)27)6-5-8-28-18)35-25(22(21)37-26)33-9-7-16-23(31-14-32(3)4)29-13-30-24(16)33;21-12-6-10-2-1-4-23-13(10)7-14(12)29-8-15-16(27)17(28)20(30-15)26-5-3-11-18(22)24-9-25-19(11)26;;/h5-11,13-14,20-22,25H,12H2,1-4H3;1-7,9,15-17,20,27-28H,8H2,(H2,22,24,25);2*1H4/t20-,21-,22-,25-;15-,16-,17-,20-;;/m11../s1. The van der Waals surface area contributed by atoms with E-state index in [2.05, 4.69) is 86.1 Å². The van der Waals surface area contributed by atoms with Crippen molar-refractivity contribution < 1.29 is 38.6 Å². The molecule has 0 unspecified atom stereocenters. The van der Waals surface area contributed by atoms with Crippen LogP contribution in [0.3, 0.4) is 0 Å². The average Bonchev–Trinajstić information content (AvgIpc) is 4.13. The summed E-state index contributed by atoms with van der Waals surface area (Å²) in [4.78, 5) is 32.2. The first-order valence-corrected chi connectivity index (χ1v) is 23.4. The molecule has 4 N–H and O–H groups in total. The highest BCUT2D eigenvalue weighted by Gasteiger charge is 2.56. The second kappa shape index (κ2) is 20.5. The summed E-state index contributed by atoms with van der Waals surface area (Å²) in [6, 6.07) is 19.4. The Hall–Kier alpha value is -5.41. The van der Waals surface area contributed by atoms with Crippen molar-refractivity contribution in [2.75, 3.05) is 33.0 Å². The number of hydrogen-bond acceptors (Lipinski definition) is 16. The fourth-order valence-corrected chi connectivity index (χ4v) is 9.75. The van der Waals surface area contributed by atoms with Crippen LogP contribution in [-0.4, -0.2) is 130 Å². The summed E-state index contributed by atoms with van der Waals surface area (Å²) in [6.45, 7) is 4.21. The number of halogens is 2. The van der Waals surface area contributed by atoms with E-state index < -0.39 is 36.6 Å². The molecule has 3 aliphatic rings. The second-order valence-electron chi connectivity index (χ2n) is 16.8. The number of aliphatic hydroxyl groups excluding tert-OH is 2. The van der Waals surface area contributed by atoms with Crippen molar-refractivity contribution in [2.45, 2.75) is 83.6 Å². The van der Waals surface area contributed by atoms with Crippen LogP contribution in [0.25, 0.3) is 43.9 Å². The molecule has 2 aromatic carbocycles. The Labute approximate surface area is 425 Å². The monoisotopic (exact) mass is 1170 g/mol. The Kier molecular flexibility index (Phi) is 14.9. The van der Waals surface area contributed by atoms with Crippen LogP contribution in [0, 0.1) is 7.14 Å². The third kappa shape index (κ3) is 10.00. The van der Waals surface area contributed by atoms with Gasteiger partial charge in [-0.15, -0.1) is 0 Å². The minimum Gasteiger partial charge on any atom is -0.490 e. The molecule has 0 radical (unpaired) electrons. The molecular weight excluding hydrogens is 1110 g/mol. The minimum absolute atomic E-state index is 0. The number of rotatable bonds is 10. The average molecular weight is 1170 g/mol. The van der Waals surface area contributed by atoms with Crippen molar-refractivity contribution in [3.05, 3.63) is 105 Å². The van der Waals surface area contributed by atoms with Gasteiger partial charge in [0.05, 0.1) is 35.3 Å². The van der Waals surface area contributed by atoms with Gasteiger partial charge in [-0.05, 0) is 95.4 Å². The molecule has 19 nitrogen and oxygen atoms in total. The van der Waals surface area contributed by atoms with Crippen LogP contribution in [0.4, 0.5) is 11.6 Å². The van der Waals surface area contributed by atoms with Crippen molar-refractivity contribution in [1.82, 2.24) is 43.9 Å². The molecule has 11 rings (SSSR count). The molecule has 9 heterocycles. The third-order valence-electron chi connectivity index (χ3n) is 11.6. The molecule has 0 spiro atoms. The van der Waals surface area contributed by atoms with Crippen LogP contribution in [-0.2, 0) is 18.9 Å². The number of pyridine rings is 2. The number of ether oxygens (including phenoxy) is 6. The summed E-state index contributed by atoms with van der Waals surface area (Å²) in [5.41, 5.74) is 8.82. The number of aliphatic hydroxyl groups is 2. The molecule has 3 fully saturated rings. The topological polar surface area (TPSA) is 225 Å². The van der Waals surface area contributed by atoms with Gasteiger partial charge in [0.25, 0.3) is 0 Å². The Morgan fingerprint density at radius 2 is 1.28 bits per heavy atom. The summed E-state index contributed by atoms with van der Waals surface area (Å²) in [6.07, 6.45) is 6.47. The molecular formula is C48H53I2N11O8. The highest BCUT2D eigenvalue weighted by Crippen LogP contribution is 2.45. The van der Waals surface area contributed by atoms with Gasteiger partial charge in [-0.2, -0.15) is 0 Å². The molecule has 8 atom stereocenters. The van der Waals surface area contributed by atoms with Crippen LogP contribution >= 0.6 is 45.2 Å². The highest BCUT2D eigenvalue weighted by molar-refractivity contribution is 14.1. The number of nitrogen functional groups attached to an aromatic ring is 1. The summed E-state index contributed by atoms with van der Waals surface area (Å²) >= 11 is 4.48. The Morgan fingerprint density at radius 3 is 1.91 bits per heavy atom. The Bertz CT molecular complexity index is 3140. The first-order chi connectivity index (χ1) is 32.3. The molecule has 21 heteroatoms. The maximum absolute atomic E-state index is 10.6. The Balaban J connectivity index is 0.000000184. The number of fused-ring (bicyclic) bond motifs is 5. The van der Waals surface area contributed by atoms with Crippen molar-refractivity contribution in [3.63, 3.8) is 0 Å². The summed E-state index contributed by atoms with van der Waals surface area (Å²) in [5, 5.41) is 24.7. The van der Waals surface area contributed by atoms with E-state index in [4.69, 9.17) is 34.2 Å². The molecule has 0 bridgehead atoms. The molecule has 8 aromatic rings. The number of hydrogen-bond donors (Lipinski definition) is 3. The van der Waals surface area contributed by atoms with Gasteiger partial charge < -0.3 is 58.4 Å². The fraction of sp³-hybridized carbons (Fsp3) is 0.354. The lowest BCUT2D eigenvalue weighted by atomic mass is 10.1. The second-order valence-corrected chi connectivity index (χ2v) is 19.2. The van der Waals surface area contributed by atoms with Crippen LogP contribution in [0.15, 0.2) is 103 Å². The predicted molar refractivity (Wildman–Crippen MR) is 278 cm³/mol. The lowest BCUT2D eigenvalue weighted by Crippen LogP contribution is -2.34. The van der Waals surface area contributed by atoms with E-state index in [1.54, 1.807) is 35.6 Å². The van der Waals surface area contributed by atoms with Crippen molar-refractivity contribution in [2.24, 2.45) is 4.99 Å². The molecule has 3 aliphatic heterocycles. The van der Waals surface area contributed by atoms with Gasteiger partial charge in [0, 0.05) is 61.8 Å². The van der Waals surface area contributed by atoms with Gasteiger partial charge >= 0.3 is 0 Å². The summed E-state index contributed by atoms with van der Waals surface area (Å²) < 4.78 is 42.8. The van der Waals surface area contributed by atoms with E-state index in [1.807, 2.05) is 92.1 Å². The lowest BCUT2D eigenvalue weighted by Gasteiger charge is -2.25. The lowest BCUT2D eigenvalue weighted by molar-refractivity contribution is -0.198. The molecule has 6 aromatic heterocycles. The minimum atomic E-state index is -1.15. The molecule has 362 valence electrons. The van der Waals surface area contributed by atoms with Gasteiger partial charge in [0.15, 0.2) is 24.1 Å². The maximum Gasteiger partial charge on any atom is 0.166 e. The first kappa shape index (κ1) is 50.0. The Morgan fingerprint density at radius 1 is 0.725 bits per heavy atom. The highest BCUT2D eigenvalue weighted by atomic mass is 127. The predicted octanol–water partition coefficient (Wildman–Crippen LogP) is 7.44. The van der Waals surface area contributed by atoms with Gasteiger partial charge in [-0.3, -0.25) is 9.97 Å². The molecule has 0 amide bonds. The van der Waals surface area contributed by atoms with Crippen molar-refractivity contribution >= 4 is 107 Å². The number of aromatic nitrogens is 8. The SMILES string of the molecule is C.C.CN(C)C=Nc1ncnc2c1ccn2[C@@H]1O[C@H](COc2cc3ncccc3cc2I)[C@H]2OC(C)(C)O[C@H]21.Nc1ncnc2c1ccn2[C@@H]1O[C@H](COc2cc3ncccc3cc2I)[C@@H](O)[C@H]1O. The van der Waals surface area contributed by atoms with E-state index in [0.717, 1.165) is 45.7 Å². The zero-order chi connectivity index (χ0) is 46.6. The van der Waals surface area contributed by atoms with Crippen LogP contribution in [0.5, 0.6) is 11.5 Å². The zero-order valence-corrected chi connectivity index (χ0v) is 40.8. The van der Waals surface area contributed by atoms with E-state index in [0.29, 0.717) is 35.0 Å². The van der Waals surface area contributed by atoms with E-state index in [1.165, 1.54) is 12.7 Å². The van der Waals surface area contributed by atoms with Crippen molar-refractivity contribution in [3.8, 4) is 11.5 Å². The fourth-order valence-electron chi connectivity index (χ4n) is 8.46. The van der Waals surface area contributed by atoms with E-state index >= 15 is 0 Å². The number of nitrogens with zero attached hydrogens (tertiary/aromatic N) is 10. The molecule has 3 saturated heterocycles. The maximum atomic E-state index is 10.6. The van der Waals surface area contributed by atoms with Gasteiger partial charge in [-0.25, -0.2) is 24.9 Å². The smallest absolute Gasteiger partial charge is 0.166 e. The van der Waals surface area contributed by atoms with Gasteiger partial charge in [0.1, 0.15) is 91.1 Å². The number of anilines is 1. The zero-order valence-electron chi connectivity index (χ0n) is 36.5. The summed E-state index contributed by atoms with van der Waals surface area (Å²) in [5.74, 6) is 1.59. The normalized spacial score (nSPS) is 23.7. The summed E-state index contributed by atoms with van der Waals surface area (Å²) in [7, 11) is 3.83. The molecule has 69 heavy (non-hydrogen) atoms. The quantitative estimate of drug-likeness (QED) is 0.0687. The van der Waals surface area contributed by atoms with E-state index in [-0.39, 0.29) is 39.8 Å². The van der Waals surface area contributed by atoms with Crippen LogP contribution in [0.2, 0.25) is 0 Å². The van der Waals surface area contributed by atoms with Crippen molar-refractivity contribution in [1.29, 1.82) is 0 Å². The van der Waals surface area contributed by atoms with Crippen LogP contribution in [0.1, 0.15) is 41.2 Å². The number of nitrogens with two attached hydrogens (primary N) is 1. The van der Waals surface area contributed by atoms with Gasteiger partial charge in [-0.1, -0.05) is 27.0 Å². The first-order valence-electron chi connectivity index (χ1n) is 21.3. The molecule has 0 saturated carbocycles. The molecule has 0 aliphatic carbocycles. The van der Waals surface area contributed by atoms with E-state index in [9.17, 15) is 10.2 Å². The van der Waals surface area contributed by atoms with Gasteiger partial charge in [0.2, 0.25) is 0 Å². The largest absolute Gasteiger partial charge is 0.490 e. The number of benzene rings is 2. The van der Waals surface area contributed by atoms with Crippen LogP contribution < -0.4 is 15.2 Å².